The van der Waals surface area contributed by atoms with Gasteiger partial charge in [0.25, 0.3) is 11.8 Å². The first-order valence-electron chi connectivity index (χ1n) is 7.41. The molecule has 0 bridgehead atoms. The molecule has 0 saturated heterocycles. The van der Waals surface area contributed by atoms with E-state index in [9.17, 15) is 9.59 Å². The highest BCUT2D eigenvalue weighted by Gasteiger charge is 2.38. The third-order valence-electron chi connectivity index (χ3n) is 3.72. The van der Waals surface area contributed by atoms with Gasteiger partial charge in [0.1, 0.15) is 16.5 Å². The van der Waals surface area contributed by atoms with E-state index in [4.69, 9.17) is 27.9 Å². The van der Waals surface area contributed by atoms with Crippen LogP contribution in [-0.4, -0.2) is 23.8 Å². The molecule has 0 fully saturated rings. The number of benzene rings is 2. The number of ether oxygens (including phenoxy) is 1. The lowest BCUT2D eigenvalue weighted by Crippen LogP contribution is -2.31. The Hall–Kier alpha value is -2.50. The second kappa shape index (κ2) is 7.17. The number of halogens is 2. The zero-order valence-electron chi connectivity index (χ0n) is 13.3. The van der Waals surface area contributed by atoms with E-state index >= 15 is 0 Å². The van der Waals surface area contributed by atoms with Crippen LogP contribution in [0.2, 0.25) is 5.02 Å². The van der Waals surface area contributed by atoms with E-state index in [2.05, 4.69) is 5.32 Å². The number of methoxy groups -OCH3 is 1. The number of anilines is 1. The lowest BCUT2D eigenvalue weighted by atomic mass is 10.2. The molecule has 0 spiro atoms. The summed E-state index contributed by atoms with van der Waals surface area (Å²) in [5, 5.41) is 3.17. The Balaban J connectivity index is 1.86. The van der Waals surface area contributed by atoms with Crippen molar-refractivity contribution in [3.8, 4) is 5.75 Å². The standard InChI is InChI=1S/C18H14Cl2N2O3/c1-25-14-8-7-12(19)9-13(14)21-16-15(20)17(23)22(18(16)24)10-11-5-3-2-4-6-11/h2-9,21H,10H2,1H3. The fourth-order valence-electron chi connectivity index (χ4n) is 2.48. The van der Waals surface area contributed by atoms with E-state index in [1.54, 1.807) is 18.2 Å². The van der Waals surface area contributed by atoms with Crippen LogP contribution in [0, 0.1) is 0 Å². The van der Waals surface area contributed by atoms with Gasteiger partial charge in [0, 0.05) is 5.02 Å². The smallest absolute Gasteiger partial charge is 0.279 e. The van der Waals surface area contributed by atoms with E-state index in [1.807, 2.05) is 30.3 Å². The second-order valence-corrected chi connectivity index (χ2v) is 6.16. The maximum atomic E-state index is 12.6. The van der Waals surface area contributed by atoms with Crippen molar-refractivity contribution < 1.29 is 14.3 Å². The van der Waals surface area contributed by atoms with Crippen LogP contribution in [-0.2, 0) is 16.1 Å². The van der Waals surface area contributed by atoms with Gasteiger partial charge in [-0.1, -0.05) is 53.5 Å². The number of amides is 2. The number of hydrogen-bond acceptors (Lipinski definition) is 4. The minimum atomic E-state index is -0.543. The summed E-state index contributed by atoms with van der Waals surface area (Å²) < 4.78 is 5.23. The van der Waals surface area contributed by atoms with Crippen molar-refractivity contribution in [2.45, 2.75) is 6.54 Å². The molecule has 2 amide bonds. The molecule has 0 unspecified atom stereocenters. The molecule has 2 aromatic rings. The number of nitrogens with one attached hydrogen (secondary N) is 1. The molecule has 0 radical (unpaired) electrons. The van der Waals surface area contributed by atoms with Gasteiger partial charge in [-0.05, 0) is 23.8 Å². The molecular weight excluding hydrogens is 363 g/mol. The molecular formula is C18H14Cl2N2O3. The predicted octanol–water partition coefficient (Wildman–Crippen LogP) is 3.78. The van der Waals surface area contributed by atoms with Gasteiger partial charge in [-0.2, -0.15) is 0 Å². The Morgan fingerprint density at radius 1 is 1.04 bits per heavy atom. The minimum absolute atomic E-state index is 0.00293. The van der Waals surface area contributed by atoms with Crippen LogP contribution in [0.3, 0.4) is 0 Å². The first kappa shape index (κ1) is 17.3. The maximum absolute atomic E-state index is 12.6. The van der Waals surface area contributed by atoms with Crippen LogP contribution in [0.15, 0.2) is 59.3 Å². The van der Waals surface area contributed by atoms with Crippen LogP contribution >= 0.6 is 23.2 Å². The van der Waals surface area contributed by atoms with Crippen LogP contribution in [0.4, 0.5) is 5.69 Å². The van der Waals surface area contributed by atoms with Crippen molar-refractivity contribution in [2.75, 3.05) is 12.4 Å². The highest BCUT2D eigenvalue weighted by molar-refractivity contribution is 6.48. The van der Waals surface area contributed by atoms with Gasteiger partial charge < -0.3 is 10.1 Å². The molecule has 2 aromatic carbocycles. The second-order valence-electron chi connectivity index (χ2n) is 5.34. The Morgan fingerprint density at radius 3 is 2.44 bits per heavy atom. The predicted molar refractivity (Wildman–Crippen MR) is 96.5 cm³/mol. The summed E-state index contributed by atoms with van der Waals surface area (Å²) in [6.07, 6.45) is 0. The number of hydrogen-bond donors (Lipinski definition) is 1. The topological polar surface area (TPSA) is 58.6 Å². The van der Waals surface area contributed by atoms with Crippen molar-refractivity contribution in [3.63, 3.8) is 0 Å². The third kappa shape index (κ3) is 3.48. The van der Waals surface area contributed by atoms with Gasteiger partial charge in [-0.15, -0.1) is 0 Å². The molecule has 1 aliphatic heterocycles. The van der Waals surface area contributed by atoms with E-state index in [-0.39, 0.29) is 17.3 Å². The maximum Gasteiger partial charge on any atom is 0.279 e. The van der Waals surface area contributed by atoms with Gasteiger partial charge >= 0.3 is 0 Å². The number of nitrogens with zero attached hydrogens (tertiary/aromatic N) is 1. The van der Waals surface area contributed by atoms with Crippen molar-refractivity contribution in [1.29, 1.82) is 0 Å². The molecule has 0 aromatic heterocycles. The molecule has 0 atom stereocenters. The largest absolute Gasteiger partial charge is 0.495 e. The monoisotopic (exact) mass is 376 g/mol. The van der Waals surface area contributed by atoms with E-state index in [1.165, 1.54) is 7.11 Å². The summed E-state index contributed by atoms with van der Waals surface area (Å²) in [7, 11) is 1.49. The highest BCUT2D eigenvalue weighted by atomic mass is 35.5. The molecule has 5 nitrogen and oxygen atoms in total. The number of imide groups is 1. The Bertz CT molecular complexity index is 866. The SMILES string of the molecule is COc1ccc(Cl)cc1NC1=C(Cl)C(=O)N(Cc2ccccc2)C1=O. The van der Waals surface area contributed by atoms with Crippen molar-refractivity contribution in [3.05, 3.63) is 69.8 Å². The van der Waals surface area contributed by atoms with Gasteiger partial charge in [0.15, 0.2) is 0 Å². The first-order chi connectivity index (χ1) is 12.0. The molecule has 1 aliphatic rings. The van der Waals surface area contributed by atoms with Gasteiger partial charge in [-0.3, -0.25) is 14.5 Å². The lowest BCUT2D eigenvalue weighted by Gasteiger charge is -2.16. The summed E-state index contributed by atoms with van der Waals surface area (Å²) in [5.41, 5.74) is 1.28. The molecule has 25 heavy (non-hydrogen) atoms. The molecule has 0 saturated carbocycles. The molecule has 1 heterocycles. The Labute approximate surface area is 154 Å². The van der Waals surface area contributed by atoms with Crippen LogP contribution < -0.4 is 10.1 Å². The minimum Gasteiger partial charge on any atom is -0.495 e. The van der Waals surface area contributed by atoms with E-state index in [0.29, 0.717) is 16.5 Å². The van der Waals surface area contributed by atoms with E-state index < -0.39 is 11.8 Å². The van der Waals surface area contributed by atoms with Gasteiger partial charge in [0.05, 0.1) is 19.3 Å². The Kier molecular flexibility index (Phi) is 4.97. The van der Waals surface area contributed by atoms with Crippen molar-refractivity contribution >= 4 is 40.7 Å². The molecule has 0 aliphatic carbocycles. The average molecular weight is 377 g/mol. The summed E-state index contributed by atoms with van der Waals surface area (Å²) in [6.45, 7) is 0.145. The Morgan fingerprint density at radius 2 is 1.76 bits per heavy atom. The van der Waals surface area contributed by atoms with Crippen molar-refractivity contribution in [1.82, 2.24) is 4.90 Å². The first-order valence-corrected chi connectivity index (χ1v) is 8.17. The van der Waals surface area contributed by atoms with Gasteiger partial charge in [-0.25, -0.2) is 0 Å². The number of carbonyl (C=O) groups excluding carboxylic acids is 2. The third-order valence-corrected chi connectivity index (χ3v) is 4.30. The van der Waals surface area contributed by atoms with E-state index in [0.717, 1.165) is 10.5 Å². The van der Waals surface area contributed by atoms with Crippen LogP contribution in [0.5, 0.6) is 5.75 Å². The normalized spacial score (nSPS) is 14.3. The van der Waals surface area contributed by atoms with Gasteiger partial charge in [0.2, 0.25) is 0 Å². The zero-order valence-corrected chi connectivity index (χ0v) is 14.8. The molecule has 128 valence electrons. The summed E-state index contributed by atoms with van der Waals surface area (Å²) in [6, 6.07) is 14.1. The highest BCUT2D eigenvalue weighted by Crippen LogP contribution is 2.32. The fraction of sp³-hybridized carbons (Fsp3) is 0.111. The number of carbonyl (C=O) groups is 2. The van der Waals surface area contributed by atoms with Crippen LogP contribution in [0.25, 0.3) is 0 Å². The quantitative estimate of drug-likeness (QED) is 0.806. The van der Waals surface area contributed by atoms with Crippen LogP contribution in [0.1, 0.15) is 5.56 Å². The summed E-state index contributed by atoms with van der Waals surface area (Å²) in [5.74, 6) is -0.567. The summed E-state index contributed by atoms with van der Waals surface area (Å²) in [4.78, 5) is 26.1. The number of rotatable bonds is 5. The molecule has 7 heteroatoms. The average Bonchev–Trinajstić information content (AvgIpc) is 2.81. The fourth-order valence-corrected chi connectivity index (χ4v) is 2.88. The lowest BCUT2D eigenvalue weighted by molar-refractivity contribution is -0.138. The molecule has 1 N–H and O–H groups in total. The van der Waals surface area contributed by atoms with Crippen molar-refractivity contribution in [2.24, 2.45) is 0 Å². The summed E-state index contributed by atoms with van der Waals surface area (Å²) >= 11 is 12.1. The zero-order chi connectivity index (χ0) is 18.0. The molecule has 3 rings (SSSR count).